The summed E-state index contributed by atoms with van der Waals surface area (Å²) in [5, 5.41) is 6.80. The normalized spacial score (nSPS) is 17.9. The number of rotatable bonds is 7. The van der Waals surface area contributed by atoms with Crippen LogP contribution in [0.4, 0.5) is 0 Å². The molecule has 2 heterocycles. The molecule has 3 rings (SSSR count). The largest absolute Gasteiger partial charge is 0.454 e. The molecular weight excluding hydrogens is 471 g/mol. The Labute approximate surface area is 185 Å². The van der Waals surface area contributed by atoms with Gasteiger partial charge in [-0.3, -0.25) is 4.99 Å². The summed E-state index contributed by atoms with van der Waals surface area (Å²) < 4.78 is 16.4. The highest BCUT2D eigenvalue weighted by Crippen LogP contribution is 2.32. The summed E-state index contributed by atoms with van der Waals surface area (Å²) in [5.74, 6) is 2.53. The molecule has 0 aromatic heterocycles. The minimum atomic E-state index is 0. The summed E-state index contributed by atoms with van der Waals surface area (Å²) in [7, 11) is 4.28. The molecule has 0 atom stereocenters. The predicted molar refractivity (Wildman–Crippen MR) is 122 cm³/mol. The Morgan fingerprint density at radius 1 is 1.14 bits per heavy atom. The number of likely N-dealkylation sites (N-methyl/N-ethyl adjacent to an activating group) is 1. The molecule has 0 saturated carbocycles. The fourth-order valence-corrected chi connectivity index (χ4v) is 3.49. The van der Waals surface area contributed by atoms with E-state index in [-0.39, 0.29) is 29.5 Å². The van der Waals surface area contributed by atoms with Gasteiger partial charge in [0.15, 0.2) is 17.5 Å². The van der Waals surface area contributed by atoms with Gasteiger partial charge in [-0.2, -0.15) is 0 Å². The van der Waals surface area contributed by atoms with E-state index < -0.39 is 0 Å². The van der Waals surface area contributed by atoms with Crippen LogP contribution < -0.4 is 20.1 Å². The van der Waals surface area contributed by atoms with Gasteiger partial charge in [0.2, 0.25) is 6.79 Å². The van der Waals surface area contributed by atoms with Crippen LogP contribution in [-0.4, -0.2) is 70.1 Å². The summed E-state index contributed by atoms with van der Waals surface area (Å²) in [5.41, 5.74) is 1.30. The third-order valence-electron chi connectivity index (χ3n) is 5.39. The SMILES string of the molecule is CCNC(=NCC1(N(C)C)CCOCC1)NCCc1ccc2c(c1)OCO2.I. The van der Waals surface area contributed by atoms with Gasteiger partial charge in [-0.1, -0.05) is 6.07 Å². The van der Waals surface area contributed by atoms with Crippen molar-refractivity contribution in [1.82, 2.24) is 15.5 Å². The van der Waals surface area contributed by atoms with Crippen LogP contribution in [-0.2, 0) is 11.2 Å². The standard InChI is InChI=1S/C20H32N4O3.HI/c1-4-21-19(23-14-20(24(2)3)8-11-25-12-9-20)22-10-7-16-5-6-17-18(13-16)27-15-26-17;/h5-6,13H,4,7-12,14-15H2,1-3H3,(H2,21,22,23);1H. The highest BCUT2D eigenvalue weighted by atomic mass is 127. The highest BCUT2D eigenvalue weighted by Gasteiger charge is 2.34. The average molecular weight is 504 g/mol. The molecular formula is C20H33IN4O3. The van der Waals surface area contributed by atoms with Crippen molar-refractivity contribution in [3.8, 4) is 11.5 Å². The molecule has 0 bridgehead atoms. The van der Waals surface area contributed by atoms with Crippen molar-refractivity contribution in [2.75, 3.05) is 53.7 Å². The van der Waals surface area contributed by atoms with E-state index in [0.29, 0.717) is 6.79 Å². The van der Waals surface area contributed by atoms with Crippen LogP contribution in [0.5, 0.6) is 11.5 Å². The van der Waals surface area contributed by atoms with Crippen molar-refractivity contribution >= 4 is 29.9 Å². The zero-order chi connectivity index (χ0) is 19.1. The molecule has 2 aliphatic rings. The van der Waals surface area contributed by atoms with Gasteiger partial charge in [0, 0.05) is 31.8 Å². The van der Waals surface area contributed by atoms with Gasteiger partial charge >= 0.3 is 0 Å². The molecule has 0 unspecified atom stereocenters. The van der Waals surface area contributed by atoms with Gasteiger partial charge in [0.05, 0.1) is 6.54 Å². The van der Waals surface area contributed by atoms with Crippen LogP contribution in [0.2, 0.25) is 0 Å². The minimum absolute atomic E-state index is 0. The second kappa shape index (κ2) is 11.1. The van der Waals surface area contributed by atoms with Crippen molar-refractivity contribution in [2.45, 2.75) is 31.7 Å². The third-order valence-corrected chi connectivity index (χ3v) is 5.39. The molecule has 0 amide bonds. The molecule has 1 aromatic carbocycles. The van der Waals surface area contributed by atoms with Crippen LogP contribution in [0.25, 0.3) is 0 Å². The zero-order valence-electron chi connectivity index (χ0n) is 17.1. The Morgan fingerprint density at radius 2 is 1.89 bits per heavy atom. The molecule has 28 heavy (non-hydrogen) atoms. The Balaban J connectivity index is 0.00000280. The first kappa shape index (κ1) is 23.0. The molecule has 158 valence electrons. The first-order valence-electron chi connectivity index (χ1n) is 9.79. The first-order valence-corrected chi connectivity index (χ1v) is 9.79. The van der Waals surface area contributed by atoms with Crippen LogP contribution in [0, 0.1) is 0 Å². The van der Waals surface area contributed by atoms with Gasteiger partial charge in [0.25, 0.3) is 0 Å². The van der Waals surface area contributed by atoms with Gasteiger partial charge in [-0.05, 0) is 58.0 Å². The minimum Gasteiger partial charge on any atom is -0.454 e. The van der Waals surface area contributed by atoms with E-state index in [1.165, 1.54) is 5.56 Å². The lowest BCUT2D eigenvalue weighted by Gasteiger charge is -2.41. The second-order valence-corrected chi connectivity index (χ2v) is 7.29. The van der Waals surface area contributed by atoms with Crippen LogP contribution in [0.3, 0.4) is 0 Å². The highest BCUT2D eigenvalue weighted by molar-refractivity contribution is 14.0. The summed E-state index contributed by atoms with van der Waals surface area (Å²) in [6, 6.07) is 6.11. The number of hydrogen-bond donors (Lipinski definition) is 2. The third kappa shape index (κ3) is 5.87. The lowest BCUT2D eigenvalue weighted by atomic mass is 9.89. The van der Waals surface area contributed by atoms with E-state index in [4.69, 9.17) is 19.2 Å². The number of nitrogens with zero attached hydrogens (tertiary/aromatic N) is 2. The van der Waals surface area contributed by atoms with Gasteiger partial charge < -0.3 is 29.7 Å². The molecule has 0 radical (unpaired) electrons. The number of aliphatic imine (C=N–C) groups is 1. The topological polar surface area (TPSA) is 67.4 Å². The molecule has 2 N–H and O–H groups in total. The van der Waals surface area contributed by atoms with E-state index in [0.717, 1.165) is 69.6 Å². The molecule has 0 aliphatic carbocycles. The van der Waals surface area contributed by atoms with Crippen LogP contribution >= 0.6 is 24.0 Å². The van der Waals surface area contributed by atoms with Gasteiger partial charge in [-0.25, -0.2) is 0 Å². The Bertz CT molecular complexity index is 648. The van der Waals surface area contributed by atoms with Gasteiger partial charge in [-0.15, -0.1) is 24.0 Å². The molecule has 7 nitrogen and oxygen atoms in total. The van der Waals surface area contributed by atoms with Crippen molar-refractivity contribution in [3.05, 3.63) is 23.8 Å². The van der Waals surface area contributed by atoms with Crippen molar-refractivity contribution in [1.29, 1.82) is 0 Å². The number of ether oxygens (including phenoxy) is 3. The van der Waals surface area contributed by atoms with Gasteiger partial charge in [0.1, 0.15) is 0 Å². The monoisotopic (exact) mass is 504 g/mol. The Morgan fingerprint density at radius 3 is 2.61 bits per heavy atom. The number of guanidine groups is 1. The summed E-state index contributed by atoms with van der Waals surface area (Å²) in [4.78, 5) is 7.17. The molecule has 1 aromatic rings. The quantitative estimate of drug-likeness (QED) is 0.338. The fourth-order valence-electron chi connectivity index (χ4n) is 3.49. The van der Waals surface area contributed by atoms with Crippen LogP contribution in [0.1, 0.15) is 25.3 Å². The number of benzene rings is 1. The van der Waals surface area contributed by atoms with Crippen molar-refractivity contribution in [3.63, 3.8) is 0 Å². The molecule has 8 heteroatoms. The van der Waals surface area contributed by atoms with E-state index in [1.807, 2.05) is 6.07 Å². The van der Waals surface area contributed by atoms with Crippen molar-refractivity contribution in [2.24, 2.45) is 4.99 Å². The maximum Gasteiger partial charge on any atom is 0.231 e. The average Bonchev–Trinajstić information content (AvgIpc) is 3.14. The second-order valence-electron chi connectivity index (χ2n) is 7.29. The summed E-state index contributed by atoms with van der Waals surface area (Å²) in [6.45, 7) is 6.43. The smallest absolute Gasteiger partial charge is 0.231 e. The Hall–Kier alpha value is -1.26. The Kier molecular flexibility index (Phi) is 9.10. The lowest BCUT2D eigenvalue weighted by Crippen LogP contribution is -2.51. The number of nitrogens with one attached hydrogen (secondary N) is 2. The van der Waals surface area contributed by atoms with E-state index in [9.17, 15) is 0 Å². The molecule has 1 fully saturated rings. The molecule has 0 spiro atoms. The lowest BCUT2D eigenvalue weighted by molar-refractivity contribution is -0.00254. The molecule has 1 saturated heterocycles. The van der Waals surface area contributed by atoms with Crippen molar-refractivity contribution < 1.29 is 14.2 Å². The van der Waals surface area contributed by atoms with E-state index in [2.05, 4.69) is 48.7 Å². The maximum absolute atomic E-state index is 5.55. The maximum atomic E-state index is 5.55. The number of halogens is 1. The molecule has 2 aliphatic heterocycles. The zero-order valence-corrected chi connectivity index (χ0v) is 19.5. The first-order chi connectivity index (χ1) is 13.1. The summed E-state index contributed by atoms with van der Waals surface area (Å²) in [6.07, 6.45) is 2.92. The number of hydrogen-bond acceptors (Lipinski definition) is 5. The number of fused-ring (bicyclic) bond motifs is 1. The predicted octanol–water partition coefficient (Wildman–Crippen LogP) is 2.24. The summed E-state index contributed by atoms with van der Waals surface area (Å²) >= 11 is 0. The van der Waals surface area contributed by atoms with E-state index in [1.54, 1.807) is 0 Å². The van der Waals surface area contributed by atoms with E-state index >= 15 is 0 Å². The fraction of sp³-hybridized carbons (Fsp3) is 0.650. The van der Waals surface area contributed by atoms with Crippen LogP contribution in [0.15, 0.2) is 23.2 Å².